The summed E-state index contributed by atoms with van der Waals surface area (Å²) in [4.78, 5) is 21.3. The predicted octanol–water partition coefficient (Wildman–Crippen LogP) is 1.44. The second-order valence-corrected chi connectivity index (χ2v) is 8.17. The van der Waals surface area contributed by atoms with Crippen LogP contribution in [0, 0.1) is 0 Å². The number of nitrogens with one attached hydrogen (secondary N) is 2. The van der Waals surface area contributed by atoms with Crippen LogP contribution in [0.25, 0.3) is 0 Å². The minimum atomic E-state index is -1.35. The number of aliphatic hydroxyl groups is 1. The number of hydrogen-bond donors (Lipinski definition) is 3. The minimum Gasteiger partial charge on any atom is -0.380 e. The number of aryl methyl sites for hydroxylation is 1. The Bertz CT molecular complexity index is 661. The molecule has 0 radical (unpaired) electrons. The molecule has 0 saturated heterocycles. The second-order valence-electron chi connectivity index (χ2n) is 7.06. The number of thioether (sulfide) groups is 1. The quantitative estimate of drug-likeness (QED) is 0.743. The fourth-order valence-corrected chi connectivity index (χ4v) is 4.33. The zero-order valence-electron chi connectivity index (χ0n) is 13.3. The smallest absolute Gasteiger partial charge is 0.252 e. The molecule has 2 saturated carbocycles. The van der Waals surface area contributed by atoms with Gasteiger partial charge < -0.3 is 15.7 Å². The van der Waals surface area contributed by atoms with Crippen LogP contribution in [0.3, 0.4) is 0 Å². The number of carbonyl (C=O) groups excluding carboxylic acids is 1. The number of aromatic nitrogens is 2. The fourth-order valence-electron chi connectivity index (χ4n) is 3.26. The molecule has 130 valence electrons. The Balaban J connectivity index is 1.30. The van der Waals surface area contributed by atoms with Gasteiger partial charge in [-0.1, -0.05) is 0 Å². The molecule has 0 atom stereocenters. The Morgan fingerprint density at radius 3 is 2.96 bits per heavy atom. The molecule has 4 rings (SSSR count). The molecule has 2 aliphatic carbocycles. The maximum absolute atomic E-state index is 14.7. The normalized spacial score (nSPS) is 30.0. The van der Waals surface area contributed by atoms with Crippen molar-refractivity contribution in [3.05, 3.63) is 12.0 Å². The van der Waals surface area contributed by atoms with E-state index in [9.17, 15) is 14.3 Å². The van der Waals surface area contributed by atoms with Gasteiger partial charge in [-0.3, -0.25) is 4.79 Å². The average molecular weight is 352 g/mol. The highest BCUT2D eigenvalue weighted by molar-refractivity contribution is 7.99. The lowest BCUT2D eigenvalue weighted by molar-refractivity contribution is -0.134. The maximum Gasteiger partial charge on any atom is 0.252 e. The van der Waals surface area contributed by atoms with E-state index in [1.54, 1.807) is 11.8 Å². The number of carbonyl (C=O) groups is 1. The summed E-state index contributed by atoms with van der Waals surface area (Å²) in [5.41, 5.74) is -1.50. The van der Waals surface area contributed by atoms with Crippen LogP contribution in [-0.2, 0) is 11.2 Å². The van der Waals surface area contributed by atoms with Gasteiger partial charge in [0.1, 0.15) is 23.4 Å². The number of amides is 1. The van der Waals surface area contributed by atoms with E-state index in [4.69, 9.17) is 0 Å². The van der Waals surface area contributed by atoms with Gasteiger partial charge in [-0.2, -0.15) is 0 Å². The molecular formula is C16H21FN4O2S. The van der Waals surface area contributed by atoms with Crippen molar-refractivity contribution in [2.45, 2.75) is 60.7 Å². The van der Waals surface area contributed by atoms with Crippen molar-refractivity contribution in [3.63, 3.8) is 0 Å². The van der Waals surface area contributed by atoms with Crippen LogP contribution in [0.4, 0.5) is 10.2 Å². The third kappa shape index (κ3) is 3.09. The zero-order chi connectivity index (χ0) is 16.8. The van der Waals surface area contributed by atoms with Crippen molar-refractivity contribution in [3.8, 4) is 0 Å². The van der Waals surface area contributed by atoms with Crippen molar-refractivity contribution < 1.29 is 14.3 Å². The number of hydrogen-bond acceptors (Lipinski definition) is 6. The number of nitrogens with zero attached hydrogens (tertiary/aromatic N) is 2. The molecule has 3 N–H and O–H groups in total. The molecule has 1 amide bonds. The first-order valence-electron chi connectivity index (χ1n) is 8.40. The molecule has 6 nitrogen and oxygen atoms in total. The highest BCUT2D eigenvalue weighted by Crippen LogP contribution is 2.40. The van der Waals surface area contributed by atoms with Gasteiger partial charge in [0, 0.05) is 18.9 Å². The highest BCUT2D eigenvalue weighted by atomic mass is 32.2. The maximum atomic E-state index is 14.7. The van der Waals surface area contributed by atoms with Gasteiger partial charge in [0.05, 0.1) is 17.1 Å². The molecule has 24 heavy (non-hydrogen) atoms. The summed E-state index contributed by atoms with van der Waals surface area (Å²) in [6.07, 6.45) is 5.11. The van der Waals surface area contributed by atoms with E-state index in [0.29, 0.717) is 18.7 Å². The Morgan fingerprint density at radius 1 is 1.42 bits per heavy atom. The summed E-state index contributed by atoms with van der Waals surface area (Å²) >= 11 is 1.72. The lowest BCUT2D eigenvalue weighted by atomic mass is 9.77. The summed E-state index contributed by atoms with van der Waals surface area (Å²) < 4.78 is 14.7. The largest absolute Gasteiger partial charge is 0.380 e. The van der Waals surface area contributed by atoms with Crippen molar-refractivity contribution in [1.29, 1.82) is 0 Å². The van der Waals surface area contributed by atoms with Crippen molar-refractivity contribution >= 4 is 23.5 Å². The molecule has 0 spiro atoms. The first kappa shape index (κ1) is 16.1. The van der Waals surface area contributed by atoms with E-state index in [0.717, 1.165) is 29.2 Å². The monoisotopic (exact) mass is 352 g/mol. The standard InChI is InChI=1S/C16H21FN4O2S/c17-15(6-10(7-15)21-14(22)16(23)3-4-16)8-18-13-12-11(19-9-20-13)2-1-5-24-12/h9-10,23H,1-8H2,(H,21,22)(H,18,19,20). The van der Waals surface area contributed by atoms with Crippen molar-refractivity contribution in [2.75, 3.05) is 17.6 Å². The van der Waals surface area contributed by atoms with Gasteiger partial charge >= 0.3 is 0 Å². The topological polar surface area (TPSA) is 87.1 Å². The van der Waals surface area contributed by atoms with Gasteiger partial charge in [-0.25, -0.2) is 14.4 Å². The van der Waals surface area contributed by atoms with E-state index >= 15 is 0 Å². The van der Waals surface area contributed by atoms with Crippen LogP contribution in [0.1, 0.15) is 37.8 Å². The molecule has 0 aromatic carbocycles. The first-order chi connectivity index (χ1) is 11.5. The lowest BCUT2D eigenvalue weighted by Gasteiger charge is -2.42. The predicted molar refractivity (Wildman–Crippen MR) is 88.8 cm³/mol. The molecular weight excluding hydrogens is 331 g/mol. The van der Waals surface area contributed by atoms with Gasteiger partial charge in [-0.15, -0.1) is 11.8 Å². The number of anilines is 1. The van der Waals surface area contributed by atoms with Crippen LogP contribution in [-0.4, -0.2) is 50.6 Å². The summed E-state index contributed by atoms with van der Waals surface area (Å²) in [6.45, 7) is 0.174. The van der Waals surface area contributed by atoms with Crippen molar-refractivity contribution in [2.24, 2.45) is 0 Å². The third-order valence-corrected chi connectivity index (χ3v) is 6.17. The summed E-state index contributed by atoms with van der Waals surface area (Å²) in [5.74, 6) is 1.39. The lowest BCUT2D eigenvalue weighted by Crippen LogP contribution is -2.57. The SMILES string of the molecule is O=C(NC1CC(F)(CNc2ncnc3c2SCCC3)C1)C1(O)CC1. The van der Waals surface area contributed by atoms with E-state index in [2.05, 4.69) is 20.6 Å². The number of fused-ring (bicyclic) bond motifs is 1. The van der Waals surface area contributed by atoms with Gasteiger partial charge in [0.2, 0.25) is 0 Å². The van der Waals surface area contributed by atoms with Crippen molar-refractivity contribution in [1.82, 2.24) is 15.3 Å². The molecule has 1 aromatic heterocycles. The first-order valence-corrected chi connectivity index (χ1v) is 9.39. The van der Waals surface area contributed by atoms with E-state index < -0.39 is 11.3 Å². The average Bonchev–Trinajstić information content (AvgIpc) is 3.30. The molecule has 3 aliphatic rings. The molecule has 1 aliphatic heterocycles. The Morgan fingerprint density at radius 2 is 2.21 bits per heavy atom. The molecule has 0 bridgehead atoms. The van der Waals surface area contributed by atoms with Crippen LogP contribution >= 0.6 is 11.8 Å². The number of alkyl halides is 1. The Kier molecular flexibility index (Phi) is 3.91. The minimum absolute atomic E-state index is 0.174. The molecule has 1 aromatic rings. The number of halogens is 1. The fraction of sp³-hybridized carbons (Fsp3) is 0.688. The second kappa shape index (κ2) is 5.84. The zero-order valence-corrected chi connectivity index (χ0v) is 14.2. The van der Waals surface area contributed by atoms with Gasteiger partial charge in [-0.05, 0) is 31.4 Å². The molecule has 0 unspecified atom stereocenters. The molecule has 8 heteroatoms. The van der Waals surface area contributed by atoms with Gasteiger partial charge in [0.15, 0.2) is 0 Å². The van der Waals surface area contributed by atoms with Crippen LogP contribution < -0.4 is 10.6 Å². The highest BCUT2D eigenvalue weighted by Gasteiger charge is 2.51. The third-order valence-electron chi connectivity index (χ3n) is 4.96. The van der Waals surface area contributed by atoms with Crippen LogP contribution in [0.15, 0.2) is 11.2 Å². The van der Waals surface area contributed by atoms with Crippen LogP contribution in [0.2, 0.25) is 0 Å². The summed E-state index contributed by atoms with van der Waals surface area (Å²) in [7, 11) is 0. The van der Waals surface area contributed by atoms with E-state index in [1.165, 1.54) is 6.33 Å². The molecule has 2 heterocycles. The van der Waals surface area contributed by atoms with E-state index in [1.807, 2.05) is 0 Å². The summed E-state index contributed by atoms with van der Waals surface area (Å²) in [5, 5.41) is 15.6. The number of rotatable bonds is 5. The summed E-state index contributed by atoms with van der Waals surface area (Å²) in [6, 6.07) is -0.192. The van der Waals surface area contributed by atoms with Gasteiger partial charge in [0.25, 0.3) is 5.91 Å². The van der Waals surface area contributed by atoms with Crippen LogP contribution in [0.5, 0.6) is 0 Å². The Hall–Kier alpha value is -1.41. The Labute approximate surface area is 144 Å². The van der Waals surface area contributed by atoms with E-state index in [-0.39, 0.29) is 31.3 Å². The molecule has 2 fully saturated rings.